The molecule has 0 radical (unpaired) electrons. The van der Waals surface area contributed by atoms with Crippen LogP contribution in [0.25, 0.3) is 0 Å². The van der Waals surface area contributed by atoms with Gasteiger partial charge >= 0.3 is 5.97 Å². The minimum absolute atomic E-state index is 0.191. The number of aliphatic hydroxyl groups excluding tert-OH is 1. The molecule has 4 aliphatic heterocycles. The molecule has 2 fully saturated rings. The second-order valence-corrected chi connectivity index (χ2v) is 13.2. The Morgan fingerprint density at radius 3 is 2.36 bits per heavy atom. The molecular formula is C37H43N3O7. The monoisotopic (exact) mass is 641 g/mol. The van der Waals surface area contributed by atoms with E-state index in [-0.39, 0.29) is 37.4 Å². The maximum Gasteiger partial charge on any atom is 0.313 e. The van der Waals surface area contributed by atoms with Gasteiger partial charge in [0.1, 0.15) is 23.7 Å². The van der Waals surface area contributed by atoms with Crippen molar-refractivity contribution in [3.63, 3.8) is 0 Å². The molecule has 0 saturated carbocycles. The van der Waals surface area contributed by atoms with Crippen LogP contribution in [0.1, 0.15) is 50.8 Å². The predicted molar refractivity (Wildman–Crippen MR) is 173 cm³/mol. The average molecular weight is 642 g/mol. The van der Waals surface area contributed by atoms with Crippen LogP contribution < -0.4 is 5.32 Å². The topological polar surface area (TPSA) is 125 Å². The zero-order chi connectivity index (χ0) is 33.3. The molecule has 2 aromatic carbocycles. The Kier molecular flexibility index (Phi) is 9.34. The number of likely N-dealkylation sites (tertiary alicyclic amines) is 1. The highest BCUT2D eigenvalue weighted by Crippen LogP contribution is 2.56. The number of hydrogen-bond acceptors (Lipinski definition) is 7. The van der Waals surface area contributed by atoms with Crippen LogP contribution in [0, 0.1) is 11.8 Å². The fourth-order valence-electron chi connectivity index (χ4n) is 7.63. The van der Waals surface area contributed by atoms with Gasteiger partial charge in [0.2, 0.25) is 17.7 Å². The lowest BCUT2D eigenvalue weighted by Gasteiger charge is -2.40. The minimum atomic E-state index is -1.42. The molecule has 6 rings (SSSR count). The van der Waals surface area contributed by atoms with Gasteiger partial charge in [-0.05, 0) is 44.7 Å². The minimum Gasteiger partial charge on any atom is -0.455 e. The van der Waals surface area contributed by atoms with E-state index in [1.165, 1.54) is 4.90 Å². The molecule has 2 aromatic rings. The number of amides is 3. The molecule has 2 N–H and O–H groups in total. The van der Waals surface area contributed by atoms with Gasteiger partial charge in [-0.25, -0.2) is 0 Å². The fraction of sp³-hybridized carbons (Fsp3) is 0.459. The Balaban J connectivity index is 1.44. The smallest absolute Gasteiger partial charge is 0.313 e. The average Bonchev–Trinajstić information content (AvgIpc) is 3.71. The van der Waals surface area contributed by atoms with E-state index in [9.17, 15) is 24.3 Å². The van der Waals surface area contributed by atoms with Crippen molar-refractivity contribution in [2.24, 2.45) is 11.8 Å². The van der Waals surface area contributed by atoms with E-state index >= 15 is 0 Å². The zero-order valence-corrected chi connectivity index (χ0v) is 27.0. The highest BCUT2D eigenvalue weighted by Gasteiger charge is 2.74. The van der Waals surface area contributed by atoms with Crippen LogP contribution in [-0.4, -0.2) is 87.6 Å². The Morgan fingerprint density at radius 2 is 1.68 bits per heavy atom. The fourth-order valence-corrected chi connectivity index (χ4v) is 7.63. The van der Waals surface area contributed by atoms with Gasteiger partial charge in [0.15, 0.2) is 0 Å². The summed E-state index contributed by atoms with van der Waals surface area (Å²) in [5.41, 5.74) is 0.181. The lowest BCUT2D eigenvalue weighted by atomic mass is 9.74. The summed E-state index contributed by atoms with van der Waals surface area (Å²) in [5.74, 6) is -3.65. The molecule has 2 saturated heterocycles. The molecule has 3 amide bonds. The van der Waals surface area contributed by atoms with Crippen LogP contribution in [0.15, 0.2) is 85.0 Å². The number of carbonyl (C=O) groups excluding carboxylic acids is 4. The third-order valence-corrected chi connectivity index (χ3v) is 9.86. The Labute approximate surface area is 275 Å². The molecule has 248 valence electrons. The highest BCUT2D eigenvalue weighted by molar-refractivity contribution is 5.99. The summed E-state index contributed by atoms with van der Waals surface area (Å²) in [7, 11) is 0. The summed E-state index contributed by atoms with van der Waals surface area (Å²) < 4.78 is 12.8. The van der Waals surface area contributed by atoms with Crippen LogP contribution in [0.5, 0.6) is 0 Å². The quantitative estimate of drug-likeness (QED) is 0.367. The summed E-state index contributed by atoms with van der Waals surface area (Å²) >= 11 is 0. The number of allylic oxidation sites excluding steroid dienone is 1. The summed E-state index contributed by atoms with van der Waals surface area (Å²) in [6, 6.07) is 16.0. The van der Waals surface area contributed by atoms with Crippen molar-refractivity contribution >= 4 is 23.7 Å². The van der Waals surface area contributed by atoms with Crippen molar-refractivity contribution in [3.8, 4) is 0 Å². The second kappa shape index (κ2) is 13.4. The van der Waals surface area contributed by atoms with E-state index in [0.29, 0.717) is 18.4 Å². The van der Waals surface area contributed by atoms with E-state index in [1.54, 1.807) is 24.0 Å². The molecule has 4 heterocycles. The Hall–Kier alpha value is -4.28. The van der Waals surface area contributed by atoms with Crippen molar-refractivity contribution in [2.45, 2.75) is 82.0 Å². The van der Waals surface area contributed by atoms with Gasteiger partial charge in [-0.3, -0.25) is 19.2 Å². The van der Waals surface area contributed by atoms with Gasteiger partial charge in [0.05, 0.1) is 30.7 Å². The van der Waals surface area contributed by atoms with E-state index in [2.05, 4.69) is 5.32 Å². The molecule has 10 nitrogen and oxygen atoms in total. The maximum atomic E-state index is 14.7. The summed E-state index contributed by atoms with van der Waals surface area (Å²) in [5, 5.41) is 13.7. The van der Waals surface area contributed by atoms with Gasteiger partial charge in [-0.1, -0.05) is 85.0 Å². The van der Waals surface area contributed by atoms with Crippen LogP contribution in [0.3, 0.4) is 0 Å². The third-order valence-electron chi connectivity index (χ3n) is 9.86. The van der Waals surface area contributed by atoms with Crippen molar-refractivity contribution in [3.05, 3.63) is 96.1 Å². The summed E-state index contributed by atoms with van der Waals surface area (Å²) in [6.07, 6.45) is 6.64. The number of ether oxygens (including phenoxy) is 2. The molecule has 10 heteroatoms. The first-order chi connectivity index (χ1) is 22.7. The standard InChI is InChI=1S/C37H43N3O7/c1-23(2)39-20-12-6-11-17-29(42)38-24(3)32(26-15-9-5-10-16-26)46-36(45)30-28-18-19-37(47-28)31(30)34(43)40(33(37)35(39)44)27(22-41)21-25-13-7-4-8-14-25/h4-10,12-16,18-19,23-24,27-28,30-33,41H,11,17,20-22H2,1-3H3,(H,38,42)/b12-6-/t24-,27-,28+,30-,31-,32+,33+,37-/m1/s1. The van der Waals surface area contributed by atoms with E-state index in [1.807, 2.05) is 86.7 Å². The van der Waals surface area contributed by atoms with Crippen LogP contribution in [0.2, 0.25) is 0 Å². The molecule has 1 spiro atoms. The number of nitrogens with zero attached hydrogens (tertiary/aromatic N) is 2. The van der Waals surface area contributed by atoms with Crippen molar-refractivity contribution in [1.82, 2.24) is 15.1 Å². The number of aliphatic hydroxyl groups is 1. The predicted octanol–water partition coefficient (Wildman–Crippen LogP) is 3.12. The van der Waals surface area contributed by atoms with Crippen molar-refractivity contribution < 1.29 is 33.8 Å². The van der Waals surface area contributed by atoms with Gasteiger partial charge in [0, 0.05) is 19.0 Å². The number of esters is 1. The number of rotatable bonds is 6. The zero-order valence-electron chi connectivity index (χ0n) is 27.0. The lowest BCUT2D eigenvalue weighted by Crippen LogP contribution is -2.59. The number of nitrogens with one attached hydrogen (secondary N) is 1. The number of benzene rings is 2. The molecule has 5 bridgehead atoms. The molecular weight excluding hydrogens is 598 g/mol. The van der Waals surface area contributed by atoms with Crippen LogP contribution in [0.4, 0.5) is 0 Å². The first-order valence-corrected chi connectivity index (χ1v) is 16.5. The van der Waals surface area contributed by atoms with Gasteiger partial charge in [0.25, 0.3) is 0 Å². The van der Waals surface area contributed by atoms with E-state index in [4.69, 9.17) is 9.47 Å². The van der Waals surface area contributed by atoms with Gasteiger partial charge < -0.3 is 29.7 Å². The number of carbonyl (C=O) groups is 4. The maximum absolute atomic E-state index is 14.7. The second-order valence-electron chi connectivity index (χ2n) is 13.2. The molecule has 47 heavy (non-hydrogen) atoms. The van der Waals surface area contributed by atoms with Crippen molar-refractivity contribution in [2.75, 3.05) is 13.2 Å². The summed E-state index contributed by atoms with van der Waals surface area (Å²) in [4.78, 5) is 59.8. The highest BCUT2D eigenvalue weighted by atomic mass is 16.6. The molecule has 8 atom stereocenters. The first-order valence-electron chi connectivity index (χ1n) is 16.5. The SMILES string of the molecule is CC(C)N1C/C=C\CCC(=O)N[C@H](C)[C@@H](c2ccccc2)OC(=O)[C@@H]2[C@@H]3C=C[C@]4(O3)[C@H](C1=O)N([C@@H](CO)Cc1ccccc1)C(=O)[C@@H]24. The lowest BCUT2D eigenvalue weighted by molar-refractivity contribution is -0.162. The van der Waals surface area contributed by atoms with Crippen LogP contribution >= 0.6 is 0 Å². The third kappa shape index (κ3) is 6.00. The molecule has 0 unspecified atom stereocenters. The number of fused-ring (bicyclic) bond motifs is 2. The molecule has 4 aliphatic rings. The van der Waals surface area contributed by atoms with Gasteiger partial charge in [-0.2, -0.15) is 0 Å². The summed E-state index contributed by atoms with van der Waals surface area (Å²) in [6.45, 7) is 5.47. The van der Waals surface area contributed by atoms with Gasteiger partial charge in [-0.15, -0.1) is 0 Å². The van der Waals surface area contributed by atoms with Crippen molar-refractivity contribution in [1.29, 1.82) is 0 Å². The Bertz CT molecular complexity index is 1540. The number of cyclic esters (lactones) is 1. The normalized spacial score (nSPS) is 32.4. The molecule has 0 aromatic heterocycles. The van der Waals surface area contributed by atoms with E-state index < -0.39 is 59.6 Å². The first kappa shape index (κ1) is 32.7. The van der Waals surface area contributed by atoms with Crippen LogP contribution in [-0.2, 0) is 35.1 Å². The Morgan fingerprint density at radius 1 is 0.979 bits per heavy atom. The van der Waals surface area contributed by atoms with E-state index in [0.717, 1.165) is 5.56 Å². The molecule has 0 aliphatic carbocycles. The largest absolute Gasteiger partial charge is 0.455 e. The number of hydrogen-bond donors (Lipinski definition) is 2.